The molecule has 1 aliphatic rings. The van der Waals surface area contributed by atoms with Crippen molar-refractivity contribution in [1.29, 1.82) is 0 Å². The zero-order valence-electron chi connectivity index (χ0n) is 14.9. The molecule has 0 atom stereocenters. The number of carbonyl (C=O) groups is 1. The van der Waals surface area contributed by atoms with Crippen LogP contribution in [0.3, 0.4) is 0 Å². The Hall–Kier alpha value is -2.47. The monoisotopic (exact) mass is 339 g/mol. The summed E-state index contributed by atoms with van der Waals surface area (Å²) in [6.45, 7) is 5.88. The third-order valence-electron chi connectivity index (χ3n) is 4.41. The molecule has 0 radical (unpaired) electrons. The number of rotatable bonds is 5. The van der Waals surface area contributed by atoms with E-state index in [0.717, 1.165) is 39.1 Å². The van der Waals surface area contributed by atoms with Crippen LogP contribution in [0.5, 0.6) is 0 Å². The van der Waals surface area contributed by atoms with Crippen LogP contribution in [-0.2, 0) is 6.42 Å². The Morgan fingerprint density at radius 1 is 1.12 bits per heavy atom. The summed E-state index contributed by atoms with van der Waals surface area (Å²) in [6.07, 6.45) is 0.908. The van der Waals surface area contributed by atoms with E-state index in [2.05, 4.69) is 39.4 Å². The lowest BCUT2D eigenvalue weighted by Crippen LogP contribution is -2.47. The van der Waals surface area contributed by atoms with Crippen LogP contribution >= 0.6 is 0 Å². The number of benzene rings is 1. The molecule has 132 valence electrons. The van der Waals surface area contributed by atoms with Crippen LogP contribution in [0.15, 0.2) is 36.4 Å². The Kier molecular flexibility index (Phi) is 5.60. The maximum Gasteiger partial charge on any atom is 0.272 e. The van der Waals surface area contributed by atoms with E-state index in [-0.39, 0.29) is 5.91 Å². The van der Waals surface area contributed by atoms with Crippen LogP contribution in [0.1, 0.15) is 21.9 Å². The number of aryl methyl sites for hydroxylation is 1. The molecule has 0 spiro atoms. The molecule has 1 aromatic carbocycles. The predicted octanol–water partition coefficient (Wildman–Crippen LogP) is 1.83. The van der Waals surface area contributed by atoms with Gasteiger partial charge in [-0.05, 0) is 26.0 Å². The average molecular weight is 339 g/mol. The van der Waals surface area contributed by atoms with Gasteiger partial charge in [0.15, 0.2) is 0 Å². The third-order valence-corrected chi connectivity index (χ3v) is 4.41. The van der Waals surface area contributed by atoms with Gasteiger partial charge in [0, 0.05) is 38.8 Å². The first-order chi connectivity index (χ1) is 12.1. The number of aromatic nitrogens is 2. The highest BCUT2D eigenvalue weighted by Gasteiger charge is 2.22. The second kappa shape index (κ2) is 8.07. The van der Waals surface area contributed by atoms with E-state index in [0.29, 0.717) is 17.3 Å². The van der Waals surface area contributed by atoms with Gasteiger partial charge in [0.05, 0.1) is 0 Å². The third kappa shape index (κ3) is 4.76. The van der Waals surface area contributed by atoms with Gasteiger partial charge in [0.1, 0.15) is 17.3 Å². The highest BCUT2D eigenvalue weighted by Crippen LogP contribution is 2.11. The fourth-order valence-corrected chi connectivity index (χ4v) is 2.92. The molecule has 2 heterocycles. The number of piperazine rings is 1. The number of nitrogens with one attached hydrogen (secondary N) is 1. The summed E-state index contributed by atoms with van der Waals surface area (Å²) in [7, 11) is 2.07. The van der Waals surface area contributed by atoms with Gasteiger partial charge in [-0.25, -0.2) is 9.97 Å². The first-order valence-electron chi connectivity index (χ1n) is 8.73. The van der Waals surface area contributed by atoms with Crippen molar-refractivity contribution >= 4 is 11.7 Å². The summed E-state index contributed by atoms with van der Waals surface area (Å²) in [6, 6.07) is 12.1. The van der Waals surface area contributed by atoms with E-state index in [1.807, 2.05) is 30.0 Å². The zero-order valence-corrected chi connectivity index (χ0v) is 14.9. The van der Waals surface area contributed by atoms with E-state index >= 15 is 0 Å². The van der Waals surface area contributed by atoms with Gasteiger partial charge in [-0.3, -0.25) is 4.79 Å². The average Bonchev–Trinajstić information content (AvgIpc) is 2.62. The van der Waals surface area contributed by atoms with Gasteiger partial charge in [0.25, 0.3) is 5.91 Å². The van der Waals surface area contributed by atoms with E-state index < -0.39 is 0 Å². The first-order valence-corrected chi connectivity index (χ1v) is 8.73. The standard InChI is InChI=1S/C19H25N5O/c1-15-21-17(19(25)24-12-10-23(2)11-13-24)14-18(22-15)20-9-8-16-6-4-3-5-7-16/h3-7,14H,8-13H2,1-2H3,(H,20,21,22). The predicted molar refractivity (Wildman–Crippen MR) is 98.8 cm³/mol. The normalized spacial score (nSPS) is 15.2. The van der Waals surface area contributed by atoms with Crippen LogP contribution < -0.4 is 5.32 Å². The fraction of sp³-hybridized carbons (Fsp3) is 0.421. The summed E-state index contributed by atoms with van der Waals surface area (Å²) >= 11 is 0. The number of carbonyl (C=O) groups excluding carboxylic acids is 1. The molecule has 0 bridgehead atoms. The van der Waals surface area contributed by atoms with Crippen molar-refractivity contribution in [3.8, 4) is 0 Å². The number of hydrogen-bond acceptors (Lipinski definition) is 5. The van der Waals surface area contributed by atoms with Crippen molar-refractivity contribution < 1.29 is 4.79 Å². The molecule has 1 aliphatic heterocycles. The van der Waals surface area contributed by atoms with E-state index in [9.17, 15) is 4.79 Å². The van der Waals surface area contributed by atoms with Crippen molar-refractivity contribution in [3.05, 3.63) is 53.5 Å². The van der Waals surface area contributed by atoms with Crippen LogP contribution in [0, 0.1) is 6.92 Å². The fourth-order valence-electron chi connectivity index (χ4n) is 2.92. The highest BCUT2D eigenvalue weighted by molar-refractivity contribution is 5.93. The summed E-state index contributed by atoms with van der Waals surface area (Å²) in [5.74, 6) is 1.31. The second-order valence-electron chi connectivity index (χ2n) is 6.44. The Labute approximate surface area is 148 Å². The lowest BCUT2D eigenvalue weighted by Gasteiger charge is -2.32. The summed E-state index contributed by atoms with van der Waals surface area (Å²) in [5, 5.41) is 3.31. The Morgan fingerprint density at radius 3 is 2.56 bits per heavy atom. The molecule has 1 N–H and O–H groups in total. The van der Waals surface area contributed by atoms with Gasteiger partial charge in [0.2, 0.25) is 0 Å². The molecule has 0 aliphatic carbocycles. The van der Waals surface area contributed by atoms with Crippen molar-refractivity contribution in [2.75, 3.05) is 45.1 Å². The van der Waals surface area contributed by atoms with Gasteiger partial charge < -0.3 is 15.1 Å². The van der Waals surface area contributed by atoms with Crippen LogP contribution in [0.2, 0.25) is 0 Å². The summed E-state index contributed by atoms with van der Waals surface area (Å²) in [5.41, 5.74) is 1.74. The van der Waals surface area contributed by atoms with Crippen molar-refractivity contribution in [1.82, 2.24) is 19.8 Å². The molecule has 6 nitrogen and oxygen atoms in total. The SMILES string of the molecule is Cc1nc(NCCc2ccccc2)cc(C(=O)N2CCN(C)CC2)n1. The molecule has 0 saturated carbocycles. The Balaban J connectivity index is 1.62. The zero-order chi connectivity index (χ0) is 17.6. The quantitative estimate of drug-likeness (QED) is 0.900. The molecule has 2 aromatic rings. The molecule has 25 heavy (non-hydrogen) atoms. The molecular weight excluding hydrogens is 314 g/mol. The molecular formula is C19H25N5O. The van der Waals surface area contributed by atoms with E-state index in [1.165, 1.54) is 5.56 Å². The Morgan fingerprint density at radius 2 is 1.84 bits per heavy atom. The number of hydrogen-bond donors (Lipinski definition) is 1. The molecule has 0 unspecified atom stereocenters. The molecule has 1 fully saturated rings. The van der Waals surface area contributed by atoms with Crippen LogP contribution in [-0.4, -0.2) is 65.4 Å². The van der Waals surface area contributed by atoms with Crippen molar-refractivity contribution in [2.24, 2.45) is 0 Å². The van der Waals surface area contributed by atoms with Crippen molar-refractivity contribution in [2.45, 2.75) is 13.3 Å². The van der Waals surface area contributed by atoms with E-state index in [4.69, 9.17) is 0 Å². The minimum absolute atomic E-state index is 0.00953. The lowest BCUT2D eigenvalue weighted by atomic mass is 10.1. The van der Waals surface area contributed by atoms with Gasteiger partial charge >= 0.3 is 0 Å². The van der Waals surface area contributed by atoms with Gasteiger partial charge in [-0.2, -0.15) is 0 Å². The largest absolute Gasteiger partial charge is 0.370 e. The van der Waals surface area contributed by atoms with Gasteiger partial charge in [-0.1, -0.05) is 30.3 Å². The van der Waals surface area contributed by atoms with Gasteiger partial charge in [-0.15, -0.1) is 0 Å². The summed E-state index contributed by atoms with van der Waals surface area (Å²) in [4.78, 5) is 25.5. The minimum atomic E-state index is -0.00953. The minimum Gasteiger partial charge on any atom is -0.370 e. The number of amides is 1. The lowest BCUT2D eigenvalue weighted by molar-refractivity contribution is 0.0658. The number of anilines is 1. The smallest absolute Gasteiger partial charge is 0.272 e. The first kappa shape index (κ1) is 17.4. The molecule has 1 amide bonds. The molecule has 1 saturated heterocycles. The van der Waals surface area contributed by atoms with E-state index in [1.54, 1.807) is 6.07 Å². The maximum atomic E-state index is 12.7. The van der Waals surface area contributed by atoms with Crippen molar-refractivity contribution in [3.63, 3.8) is 0 Å². The van der Waals surface area contributed by atoms with Crippen LogP contribution in [0.25, 0.3) is 0 Å². The molecule has 3 rings (SSSR count). The topological polar surface area (TPSA) is 61.4 Å². The van der Waals surface area contributed by atoms with Crippen LogP contribution in [0.4, 0.5) is 5.82 Å². The maximum absolute atomic E-state index is 12.7. The molecule has 1 aromatic heterocycles. The Bertz CT molecular complexity index is 711. The summed E-state index contributed by atoms with van der Waals surface area (Å²) < 4.78 is 0. The highest BCUT2D eigenvalue weighted by atomic mass is 16.2. The molecule has 6 heteroatoms. The number of likely N-dealkylation sites (N-methyl/N-ethyl adjacent to an activating group) is 1. The number of nitrogens with zero attached hydrogens (tertiary/aromatic N) is 4. The second-order valence-corrected chi connectivity index (χ2v) is 6.44.